The van der Waals surface area contributed by atoms with E-state index >= 15 is 0 Å². The van der Waals surface area contributed by atoms with E-state index in [4.69, 9.17) is 0 Å². The Morgan fingerprint density at radius 3 is 2.33 bits per heavy atom. The molecule has 0 unspecified atom stereocenters. The first-order valence-corrected chi connectivity index (χ1v) is 4.29. The highest BCUT2D eigenvalue weighted by Gasteiger charge is 2.11. The summed E-state index contributed by atoms with van der Waals surface area (Å²) in [5.74, 6) is 0. The van der Waals surface area contributed by atoms with Crippen LogP contribution in [0.4, 0.5) is 0 Å². The molecule has 1 heteroatoms. The fourth-order valence-corrected chi connectivity index (χ4v) is 2.02. The first-order valence-electron chi connectivity index (χ1n) is 4.29. The molecule has 0 fully saturated rings. The average Bonchev–Trinajstić information content (AvgIpc) is 2.20. The summed E-state index contributed by atoms with van der Waals surface area (Å²) >= 11 is 0. The van der Waals surface area contributed by atoms with Crippen LogP contribution in [0.2, 0.25) is 0 Å². The van der Waals surface area contributed by atoms with Gasteiger partial charge in [-0.1, -0.05) is 12.1 Å². The van der Waals surface area contributed by atoms with Crippen LogP contribution in [0.15, 0.2) is 30.6 Å². The van der Waals surface area contributed by atoms with Gasteiger partial charge < -0.3 is 0 Å². The average molecular weight is 155 g/mol. The Labute approximate surface area is 71.1 Å². The largest absolute Gasteiger partial charge is 0.264 e. The maximum Gasteiger partial charge on any atom is 0.0349 e. The van der Waals surface area contributed by atoms with Crippen LogP contribution in [0.25, 0.3) is 10.8 Å². The SMILES string of the molecule is c1cc2c3ccc(c2cn1)CC3. The molecule has 0 aliphatic heterocycles. The zero-order chi connectivity index (χ0) is 7.97. The van der Waals surface area contributed by atoms with Gasteiger partial charge in [0.25, 0.3) is 0 Å². The van der Waals surface area contributed by atoms with Crippen LogP contribution < -0.4 is 0 Å². The molecule has 2 aromatic rings. The van der Waals surface area contributed by atoms with E-state index in [1.165, 1.54) is 34.7 Å². The van der Waals surface area contributed by atoms with Crippen molar-refractivity contribution in [1.82, 2.24) is 4.98 Å². The molecule has 0 amide bonds. The van der Waals surface area contributed by atoms with Gasteiger partial charge in [-0.2, -0.15) is 0 Å². The monoisotopic (exact) mass is 155 g/mol. The van der Waals surface area contributed by atoms with Crippen molar-refractivity contribution in [2.24, 2.45) is 0 Å². The Kier molecular flexibility index (Phi) is 1.06. The number of benzene rings is 1. The fourth-order valence-electron chi connectivity index (χ4n) is 2.02. The van der Waals surface area contributed by atoms with Crippen LogP contribution in [0.5, 0.6) is 0 Å². The lowest BCUT2D eigenvalue weighted by molar-refractivity contribution is 0.945. The number of fused-ring (bicyclic) bond motifs is 2. The Balaban J connectivity index is 2.58. The normalized spacial score (nSPS) is 14.0. The molecule has 0 saturated heterocycles. The van der Waals surface area contributed by atoms with Crippen molar-refractivity contribution >= 4 is 10.8 Å². The molecule has 0 radical (unpaired) electrons. The summed E-state index contributed by atoms with van der Waals surface area (Å²) in [6.07, 6.45) is 6.27. The Morgan fingerprint density at radius 2 is 1.67 bits per heavy atom. The molecule has 58 valence electrons. The van der Waals surface area contributed by atoms with Crippen molar-refractivity contribution in [1.29, 1.82) is 0 Å². The third-order valence-electron chi connectivity index (χ3n) is 2.66. The highest BCUT2D eigenvalue weighted by Crippen LogP contribution is 2.28. The molecule has 0 atom stereocenters. The van der Waals surface area contributed by atoms with Crippen LogP contribution in [0.3, 0.4) is 0 Å². The molecule has 0 spiro atoms. The Morgan fingerprint density at radius 1 is 0.917 bits per heavy atom. The highest BCUT2D eigenvalue weighted by atomic mass is 14.6. The number of rotatable bonds is 0. The van der Waals surface area contributed by atoms with E-state index in [1.807, 2.05) is 12.4 Å². The zero-order valence-electron chi connectivity index (χ0n) is 6.75. The number of hydrogen-bond acceptors (Lipinski definition) is 1. The van der Waals surface area contributed by atoms with Crippen molar-refractivity contribution in [2.45, 2.75) is 12.8 Å². The number of aromatic nitrogens is 1. The van der Waals surface area contributed by atoms with Crippen LogP contribution in [0, 0.1) is 0 Å². The first-order chi connectivity index (χ1) is 5.95. The lowest BCUT2D eigenvalue weighted by atomic mass is 9.89. The second-order valence-electron chi connectivity index (χ2n) is 3.31. The standard InChI is InChI=1S/C11H9N/c1-3-9-4-2-8(1)10-5-6-12-7-11(9)10/h1,3,5-7H,2,4H2. The molecular formula is C11H9N. The third kappa shape index (κ3) is 0.658. The predicted molar refractivity (Wildman–Crippen MR) is 49.2 cm³/mol. The first kappa shape index (κ1) is 6.18. The lowest BCUT2D eigenvalue weighted by Gasteiger charge is -2.16. The van der Waals surface area contributed by atoms with E-state index in [-0.39, 0.29) is 0 Å². The summed E-state index contributed by atoms with van der Waals surface area (Å²) in [4.78, 5) is 4.15. The number of nitrogens with zero attached hydrogens (tertiary/aromatic N) is 1. The Bertz CT molecular complexity index is 403. The number of hydrogen-bond donors (Lipinski definition) is 0. The van der Waals surface area contributed by atoms with Crippen molar-refractivity contribution in [3.05, 3.63) is 41.7 Å². The van der Waals surface area contributed by atoms with Gasteiger partial charge in [0.1, 0.15) is 0 Å². The summed E-state index contributed by atoms with van der Waals surface area (Å²) < 4.78 is 0. The molecule has 0 N–H and O–H groups in total. The van der Waals surface area contributed by atoms with Crippen LogP contribution in [-0.4, -0.2) is 4.98 Å². The van der Waals surface area contributed by atoms with Crippen LogP contribution in [0.1, 0.15) is 11.1 Å². The molecule has 12 heavy (non-hydrogen) atoms. The molecule has 0 saturated carbocycles. The highest BCUT2D eigenvalue weighted by molar-refractivity contribution is 5.89. The minimum Gasteiger partial charge on any atom is -0.264 e. The molecular weight excluding hydrogens is 146 g/mol. The molecule has 4 rings (SSSR count). The summed E-state index contributed by atoms with van der Waals surface area (Å²) in [5, 5.41) is 2.75. The van der Waals surface area contributed by atoms with Gasteiger partial charge in [-0.3, -0.25) is 4.98 Å². The van der Waals surface area contributed by atoms with Crippen LogP contribution >= 0.6 is 0 Å². The third-order valence-corrected chi connectivity index (χ3v) is 2.66. The Hall–Kier alpha value is -1.37. The minimum absolute atomic E-state index is 1.20. The molecule has 1 heterocycles. The van der Waals surface area contributed by atoms with Gasteiger partial charge in [-0.05, 0) is 35.4 Å². The van der Waals surface area contributed by atoms with Crippen molar-refractivity contribution in [2.75, 3.05) is 0 Å². The number of pyridine rings is 1. The molecule has 1 nitrogen and oxygen atoms in total. The fraction of sp³-hybridized carbons (Fsp3) is 0.182. The molecule has 2 aliphatic carbocycles. The van der Waals surface area contributed by atoms with Crippen LogP contribution in [-0.2, 0) is 12.8 Å². The summed E-state index contributed by atoms with van der Waals surface area (Å²) in [6.45, 7) is 0. The topological polar surface area (TPSA) is 12.9 Å². The van der Waals surface area contributed by atoms with Gasteiger partial charge in [0, 0.05) is 17.8 Å². The summed E-state index contributed by atoms with van der Waals surface area (Å²) in [6, 6.07) is 6.58. The quantitative estimate of drug-likeness (QED) is 0.569. The van der Waals surface area contributed by atoms with E-state index in [2.05, 4.69) is 23.2 Å². The predicted octanol–water partition coefficient (Wildman–Crippen LogP) is 2.33. The van der Waals surface area contributed by atoms with Crippen molar-refractivity contribution < 1.29 is 0 Å². The molecule has 2 bridgehead atoms. The van der Waals surface area contributed by atoms with Crippen molar-refractivity contribution in [3.63, 3.8) is 0 Å². The van der Waals surface area contributed by atoms with Gasteiger partial charge in [0.05, 0.1) is 0 Å². The lowest BCUT2D eigenvalue weighted by Crippen LogP contribution is -2.01. The molecule has 1 aromatic heterocycles. The van der Waals surface area contributed by atoms with Gasteiger partial charge in [0.2, 0.25) is 0 Å². The van der Waals surface area contributed by atoms with Crippen molar-refractivity contribution in [3.8, 4) is 0 Å². The maximum atomic E-state index is 4.15. The van der Waals surface area contributed by atoms with Gasteiger partial charge in [-0.25, -0.2) is 0 Å². The van der Waals surface area contributed by atoms with Gasteiger partial charge in [-0.15, -0.1) is 0 Å². The van der Waals surface area contributed by atoms with E-state index in [0.717, 1.165) is 0 Å². The van der Waals surface area contributed by atoms with Gasteiger partial charge in [0.15, 0.2) is 0 Å². The second kappa shape index (κ2) is 2.07. The summed E-state index contributed by atoms with van der Waals surface area (Å²) in [5.41, 5.74) is 2.93. The zero-order valence-corrected chi connectivity index (χ0v) is 6.75. The minimum atomic E-state index is 1.20. The molecule has 2 aliphatic rings. The van der Waals surface area contributed by atoms with E-state index in [0.29, 0.717) is 0 Å². The molecule has 1 aromatic carbocycles. The van der Waals surface area contributed by atoms with Gasteiger partial charge >= 0.3 is 0 Å². The smallest absolute Gasteiger partial charge is 0.0349 e. The van der Waals surface area contributed by atoms with E-state index in [1.54, 1.807) is 0 Å². The number of aryl methyl sites for hydroxylation is 2. The summed E-state index contributed by atoms with van der Waals surface area (Å²) in [7, 11) is 0. The van der Waals surface area contributed by atoms with E-state index < -0.39 is 0 Å². The maximum absolute atomic E-state index is 4.15. The van der Waals surface area contributed by atoms with E-state index in [9.17, 15) is 0 Å². The second-order valence-corrected chi connectivity index (χ2v) is 3.31.